The minimum absolute atomic E-state index is 0.0358. The van der Waals surface area contributed by atoms with Crippen LogP contribution in [-0.4, -0.2) is 10.5 Å². The summed E-state index contributed by atoms with van der Waals surface area (Å²) in [5.74, 6) is 0.122. The van der Waals surface area contributed by atoms with E-state index in [0.29, 0.717) is 0 Å². The first kappa shape index (κ1) is 20.7. The number of unbranched alkanes of at least 4 members (excludes halogenated alkanes) is 9. The zero-order valence-electron chi connectivity index (χ0n) is 15.8. The molecule has 0 saturated carbocycles. The molecule has 0 saturated heterocycles. The first-order valence-corrected chi connectivity index (χ1v) is 9.96. The third-order valence-corrected chi connectivity index (χ3v) is 4.65. The van der Waals surface area contributed by atoms with E-state index in [0.717, 1.165) is 38.1 Å². The van der Waals surface area contributed by atoms with Crippen molar-refractivity contribution in [2.75, 3.05) is 0 Å². The summed E-state index contributed by atoms with van der Waals surface area (Å²) in [6.07, 6.45) is 18.9. The molecule has 1 heterocycles. The van der Waals surface area contributed by atoms with Crippen molar-refractivity contribution in [2.24, 2.45) is 0 Å². The van der Waals surface area contributed by atoms with Crippen LogP contribution in [0.2, 0.25) is 0 Å². The summed E-state index contributed by atoms with van der Waals surface area (Å²) < 4.78 is 4.06. The van der Waals surface area contributed by atoms with Crippen LogP contribution in [0.3, 0.4) is 0 Å². The Labute approximate surface area is 147 Å². The number of hydrogen-bond acceptors (Lipinski definition) is 2. The molecule has 0 aliphatic carbocycles. The smallest absolute Gasteiger partial charge is 0.256 e. The van der Waals surface area contributed by atoms with Gasteiger partial charge in [0.05, 0.1) is 12.5 Å². The summed E-state index contributed by atoms with van der Waals surface area (Å²) in [5, 5.41) is 10.9. The summed E-state index contributed by atoms with van der Waals surface area (Å²) in [4.78, 5) is 10.9. The second kappa shape index (κ2) is 13.0. The van der Waals surface area contributed by atoms with E-state index < -0.39 is 5.97 Å². The van der Waals surface area contributed by atoms with Crippen LogP contribution < -0.4 is 9.67 Å². The lowest BCUT2D eigenvalue weighted by atomic mass is 10.1. The maximum Gasteiger partial charge on any atom is 0.256 e. The molecule has 0 bridgehead atoms. The van der Waals surface area contributed by atoms with Crippen molar-refractivity contribution in [3.63, 3.8) is 0 Å². The van der Waals surface area contributed by atoms with Gasteiger partial charge in [-0.15, -0.1) is 0 Å². The van der Waals surface area contributed by atoms with Gasteiger partial charge in [0, 0.05) is 6.42 Å². The van der Waals surface area contributed by atoms with E-state index in [-0.39, 0.29) is 6.54 Å². The molecule has 1 aromatic heterocycles. The molecule has 24 heavy (non-hydrogen) atoms. The zero-order valence-corrected chi connectivity index (χ0v) is 15.8. The predicted molar refractivity (Wildman–Crippen MR) is 95.5 cm³/mol. The number of carboxylic acids is 1. The van der Waals surface area contributed by atoms with Crippen molar-refractivity contribution in [3.8, 4) is 0 Å². The quantitative estimate of drug-likeness (QED) is 0.364. The number of aromatic nitrogens is 2. The van der Waals surface area contributed by atoms with Gasteiger partial charge in [-0.3, -0.25) is 0 Å². The minimum Gasteiger partial charge on any atom is -0.546 e. The molecule has 1 rings (SSSR count). The molecule has 0 fully saturated rings. The number of aliphatic carboxylic acids is 1. The van der Waals surface area contributed by atoms with Gasteiger partial charge in [-0.2, -0.15) is 0 Å². The van der Waals surface area contributed by atoms with Crippen molar-refractivity contribution in [3.05, 3.63) is 18.2 Å². The van der Waals surface area contributed by atoms with Gasteiger partial charge in [-0.1, -0.05) is 71.6 Å². The molecular formula is C20H36N2O2. The molecule has 0 N–H and O–H groups in total. The molecule has 0 radical (unpaired) electrons. The fourth-order valence-electron chi connectivity index (χ4n) is 3.19. The fraction of sp³-hybridized carbons (Fsp3) is 0.800. The molecule has 0 atom stereocenters. The van der Waals surface area contributed by atoms with Gasteiger partial charge in [-0.25, -0.2) is 9.13 Å². The average molecular weight is 337 g/mol. The van der Waals surface area contributed by atoms with Gasteiger partial charge in [0.25, 0.3) is 5.82 Å². The summed E-state index contributed by atoms with van der Waals surface area (Å²) in [5.41, 5.74) is 0. The van der Waals surface area contributed by atoms with Crippen molar-refractivity contribution < 1.29 is 14.5 Å². The summed E-state index contributed by atoms with van der Waals surface area (Å²) in [7, 11) is 0. The van der Waals surface area contributed by atoms with Gasteiger partial charge in [0.1, 0.15) is 18.9 Å². The van der Waals surface area contributed by atoms with Crippen LogP contribution in [0, 0.1) is 0 Å². The molecule has 0 amide bonds. The van der Waals surface area contributed by atoms with Crippen LogP contribution in [-0.2, 0) is 24.3 Å². The number of carbonyl (C=O) groups is 1. The molecule has 0 aliphatic rings. The Balaban J connectivity index is 2.33. The number of nitrogens with zero attached hydrogens (tertiary/aromatic N) is 2. The van der Waals surface area contributed by atoms with E-state index >= 15 is 0 Å². The van der Waals surface area contributed by atoms with Gasteiger partial charge in [0.15, 0.2) is 0 Å². The molecule has 1 aromatic rings. The summed E-state index contributed by atoms with van der Waals surface area (Å²) in [6.45, 7) is 5.37. The third kappa shape index (κ3) is 8.51. The molecule has 0 unspecified atom stereocenters. The molecular weight excluding hydrogens is 300 g/mol. The van der Waals surface area contributed by atoms with Crippen LogP contribution in [0.25, 0.3) is 0 Å². The topological polar surface area (TPSA) is 48.9 Å². The Kier molecular flexibility index (Phi) is 11.2. The second-order valence-electron chi connectivity index (χ2n) is 6.84. The van der Waals surface area contributed by atoms with Gasteiger partial charge >= 0.3 is 0 Å². The highest BCUT2D eigenvalue weighted by atomic mass is 16.4. The Morgan fingerprint density at radius 1 is 0.958 bits per heavy atom. The second-order valence-corrected chi connectivity index (χ2v) is 6.84. The van der Waals surface area contributed by atoms with Crippen molar-refractivity contribution in [1.29, 1.82) is 0 Å². The predicted octanol–water partition coefficient (Wildman–Crippen LogP) is 3.40. The maximum absolute atomic E-state index is 10.9. The lowest BCUT2D eigenvalue weighted by Crippen LogP contribution is -2.45. The number of hydrogen-bond donors (Lipinski definition) is 0. The number of imidazole rings is 1. The average Bonchev–Trinajstić information content (AvgIpc) is 2.92. The first-order valence-electron chi connectivity index (χ1n) is 9.96. The van der Waals surface area contributed by atoms with E-state index in [9.17, 15) is 9.90 Å². The Morgan fingerprint density at radius 2 is 1.54 bits per heavy atom. The van der Waals surface area contributed by atoms with Crippen molar-refractivity contribution in [1.82, 2.24) is 4.57 Å². The maximum atomic E-state index is 10.9. The van der Waals surface area contributed by atoms with E-state index in [1.165, 1.54) is 51.4 Å². The van der Waals surface area contributed by atoms with Crippen LogP contribution in [0.4, 0.5) is 0 Å². The van der Waals surface area contributed by atoms with Gasteiger partial charge in [0.2, 0.25) is 0 Å². The number of carbonyl (C=O) groups excluding carboxylic acids is 1. The van der Waals surface area contributed by atoms with E-state index in [1.807, 2.05) is 17.0 Å². The molecule has 0 spiro atoms. The Morgan fingerprint density at radius 3 is 2.12 bits per heavy atom. The monoisotopic (exact) mass is 336 g/mol. The third-order valence-electron chi connectivity index (χ3n) is 4.65. The SMILES string of the molecule is CCCCCCCCCCCc1n(CCCC)cc[n+]1CC(=O)[O-]. The standard InChI is InChI=1S/C20H36N2O2/c1-3-5-7-8-9-10-11-12-13-14-19-21(15-6-4-2)16-17-22(19)18-20(23)24/h16-17H,3-15,18H2,1-2H3. The van der Waals surface area contributed by atoms with E-state index in [4.69, 9.17) is 0 Å². The number of carboxylic acid groups (broad SMARTS) is 1. The highest BCUT2D eigenvalue weighted by Gasteiger charge is 2.16. The molecule has 4 heteroatoms. The fourth-order valence-corrected chi connectivity index (χ4v) is 3.19. The lowest BCUT2D eigenvalue weighted by molar-refractivity contribution is -0.697. The summed E-state index contributed by atoms with van der Waals surface area (Å²) >= 11 is 0. The number of rotatable bonds is 15. The minimum atomic E-state index is -1.01. The van der Waals surface area contributed by atoms with Crippen molar-refractivity contribution in [2.45, 2.75) is 104 Å². The van der Waals surface area contributed by atoms with E-state index in [1.54, 1.807) is 0 Å². The van der Waals surface area contributed by atoms with Crippen LogP contribution in [0.5, 0.6) is 0 Å². The molecule has 0 aromatic carbocycles. The van der Waals surface area contributed by atoms with Gasteiger partial charge in [-0.05, 0) is 12.8 Å². The van der Waals surface area contributed by atoms with Crippen LogP contribution in [0.1, 0.15) is 90.3 Å². The zero-order chi connectivity index (χ0) is 17.6. The normalized spacial score (nSPS) is 11.1. The highest BCUT2D eigenvalue weighted by Crippen LogP contribution is 2.11. The highest BCUT2D eigenvalue weighted by molar-refractivity contribution is 5.62. The molecule has 4 nitrogen and oxygen atoms in total. The Bertz CT molecular complexity index is 454. The largest absolute Gasteiger partial charge is 0.546 e. The first-order chi connectivity index (χ1) is 11.7. The number of aryl methyl sites for hydroxylation is 1. The Hall–Kier alpha value is -1.32. The van der Waals surface area contributed by atoms with E-state index in [2.05, 4.69) is 18.4 Å². The van der Waals surface area contributed by atoms with Crippen molar-refractivity contribution >= 4 is 5.97 Å². The van der Waals surface area contributed by atoms with Gasteiger partial charge < -0.3 is 9.90 Å². The summed E-state index contributed by atoms with van der Waals surface area (Å²) in [6, 6.07) is 0. The van der Waals surface area contributed by atoms with Crippen LogP contribution >= 0.6 is 0 Å². The van der Waals surface area contributed by atoms with Crippen LogP contribution in [0.15, 0.2) is 12.4 Å². The molecule has 0 aliphatic heterocycles. The lowest BCUT2D eigenvalue weighted by Gasteiger charge is -2.06. The molecule has 138 valence electrons.